The number of amides is 1. The molecule has 2 aromatic carbocycles. The number of carbonyl (C=O) groups is 1. The fourth-order valence-electron chi connectivity index (χ4n) is 2.10. The number of thioether (sulfide) groups is 1. The van der Waals surface area contributed by atoms with Crippen LogP contribution in [-0.4, -0.2) is 28.3 Å². The quantitative estimate of drug-likeness (QED) is 0.620. The smallest absolute Gasteiger partial charge is 0.270 e. The van der Waals surface area contributed by atoms with Crippen LogP contribution < -0.4 is 5.32 Å². The third-order valence-corrected chi connectivity index (χ3v) is 5.49. The van der Waals surface area contributed by atoms with Gasteiger partial charge < -0.3 is 5.32 Å². The summed E-state index contributed by atoms with van der Waals surface area (Å²) in [6.07, 6.45) is 0. The molecule has 128 valence electrons. The highest BCUT2D eigenvalue weighted by Gasteiger charge is 2.20. The van der Waals surface area contributed by atoms with Crippen molar-refractivity contribution in [2.45, 2.75) is 9.79 Å². The zero-order chi connectivity index (χ0) is 17.8. The number of aliphatic imine (C=N–C) groups is 1. The van der Waals surface area contributed by atoms with E-state index in [0.717, 1.165) is 10.6 Å². The maximum atomic E-state index is 12.6. The minimum atomic E-state index is -0.518. The predicted molar refractivity (Wildman–Crippen MR) is 101 cm³/mol. The van der Waals surface area contributed by atoms with Crippen molar-refractivity contribution in [3.8, 4) is 0 Å². The Kier molecular flexibility index (Phi) is 5.62. The maximum Gasteiger partial charge on any atom is 0.270 e. The van der Waals surface area contributed by atoms with Crippen molar-refractivity contribution in [2.75, 3.05) is 12.3 Å². The number of amidine groups is 1. The lowest BCUT2D eigenvalue weighted by atomic mass is 10.2. The number of benzene rings is 2. The molecule has 0 aromatic heterocycles. The van der Waals surface area contributed by atoms with E-state index in [2.05, 4.69) is 10.3 Å². The third kappa shape index (κ3) is 4.53. The number of halogens is 1. The first-order valence-electron chi connectivity index (χ1n) is 7.23. The molecule has 0 unspecified atom stereocenters. The first-order chi connectivity index (χ1) is 12.0. The molecule has 1 amide bonds. The standard InChI is InChI=1S/C16H12ClN3O3S2/c17-10-1-4-12(5-2-10)25-14-6-3-11(20(22)23)9-13(14)15(21)19-16-18-7-8-24-16/h1-6,9H,7-8H2,(H,18,19,21). The normalized spacial score (nSPS) is 13.4. The monoisotopic (exact) mass is 393 g/mol. The molecule has 1 N–H and O–H groups in total. The average molecular weight is 394 g/mol. The number of carbonyl (C=O) groups excluding carboxylic acids is 1. The highest BCUT2D eigenvalue weighted by molar-refractivity contribution is 8.14. The summed E-state index contributed by atoms with van der Waals surface area (Å²) in [4.78, 5) is 28.8. The Morgan fingerprint density at radius 3 is 2.68 bits per heavy atom. The van der Waals surface area contributed by atoms with Crippen LogP contribution in [0.5, 0.6) is 0 Å². The molecule has 2 aromatic rings. The molecule has 1 aliphatic rings. The predicted octanol–water partition coefficient (Wildman–Crippen LogP) is 4.23. The van der Waals surface area contributed by atoms with Crippen LogP contribution in [0.25, 0.3) is 0 Å². The van der Waals surface area contributed by atoms with Crippen molar-refractivity contribution in [1.82, 2.24) is 5.32 Å². The van der Waals surface area contributed by atoms with Crippen molar-refractivity contribution < 1.29 is 9.72 Å². The van der Waals surface area contributed by atoms with Gasteiger partial charge in [0, 0.05) is 32.7 Å². The SMILES string of the molecule is O=C(NC1=NCCS1)c1cc([N+](=O)[O-])ccc1Sc1ccc(Cl)cc1. The van der Waals surface area contributed by atoms with E-state index < -0.39 is 10.8 Å². The van der Waals surface area contributed by atoms with Crippen LogP contribution in [-0.2, 0) is 0 Å². The highest BCUT2D eigenvalue weighted by atomic mass is 35.5. The van der Waals surface area contributed by atoms with Gasteiger partial charge in [0.15, 0.2) is 5.17 Å². The first kappa shape index (κ1) is 17.8. The molecular weight excluding hydrogens is 382 g/mol. The molecule has 0 saturated carbocycles. The van der Waals surface area contributed by atoms with Gasteiger partial charge in [0.25, 0.3) is 11.6 Å². The van der Waals surface area contributed by atoms with Crippen LogP contribution in [0.15, 0.2) is 57.2 Å². The Hall–Kier alpha value is -2.03. The van der Waals surface area contributed by atoms with Crippen LogP contribution in [0.4, 0.5) is 5.69 Å². The minimum Gasteiger partial charge on any atom is -0.301 e. The minimum absolute atomic E-state index is 0.133. The van der Waals surface area contributed by atoms with E-state index in [0.29, 0.717) is 21.6 Å². The van der Waals surface area contributed by atoms with E-state index in [1.165, 1.54) is 35.7 Å². The Labute approximate surface area is 157 Å². The number of rotatable bonds is 4. The highest BCUT2D eigenvalue weighted by Crippen LogP contribution is 2.33. The maximum absolute atomic E-state index is 12.6. The summed E-state index contributed by atoms with van der Waals surface area (Å²) >= 11 is 8.67. The van der Waals surface area contributed by atoms with Crippen molar-refractivity contribution in [1.29, 1.82) is 0 Å². The van der Waals surface area contributed by atoms with Crippen molar-refractivity contribution in [3.05, 3.63) is 63.2 Å². The zero-order valence-corrected chi connectivity index (χ0v) is 15.2. The van der Waals surface area contributed by atoms with Crippen molar-refractivity contribution in [3.63, 3.8) is 0 Å². The molecule has 0 aliphatic carbocycles. The Bertz CT molecular complexity index is 856. The zero-order valence-electron chi connectivity index (χ0n) is 12.8. The molecular formula is C16H12ClN3O3S2. The van der Waals surface area contributed by atoms with E-state index in [1.54, 1.807) is 18.2 Å². The molecule has 1 aliphatic heterocycles. The largest absolute Gasteiger partial charge is 0.301 e. The van der Waals surface area contributed by atoms with E-state index in [-0.39, 0.29) is 11.3 Å². The number of non-ortho nitro benzene ring substituents is 1. The number of nitro benzene ring substituents is 1. The molecule has 0 spiro atoms. The number of nitrogens with one attached hydrogen (secondary N) is 1. The van der Waals surface area contributed by atoms with Crippen LogP contribution in [0.2, 0.25) is 5.02 Å². The molecule has 6 nitrogen and oxygen atoms in total. The molecule has 9 heteroatoms. The first-order valence-corrected chi connectivity index (χ1v) is 9.41. The lowest BCUT2D eigenvalue weighted by Gasteiger charge is -2.10. The average Bonchev–Trinajstić information content (AvgIpc) is 3.10. The van der Waals surface area contributed by atoms with Gasteiger partial charge in [-0.15, -0.1) is 0 Å². The molecule has 0 saturated heterocycles. The summed E-state index contributed by atoms with van der Waals surface area (Å²) in [5, 5.41) is 14.9. The van der Waals surface area contributed by atoms with Gasteiger partial charge in [-0.3, -0.25) is 19.9 Å². The second-order valence-electron chi connectivity index (χ2n) is 4.98. The van der Waals surface area contributed by atoms with Crippen molar-refractivity contribution >= 4 is 51.9 Å². The fraction of sp³-hybridized carbons (Fsp3) is 0.125. The second-order valence-corrected chi connectivity index (χ2v) is 7.62. The summed E-state index contributed by atoms with van der Waals surface area (Å²) in [6, 6.07) is 11.4. The van der Waals surface area contributed by atoms with Gasteiger partial charge >= 0.3 is 0 Å². The van der Waals surface area contributed by atoms with E-state index in [1.807, 2.05) is 12.1 Å². The number of nitrogens with zero attached hydrogens (tertiary/aromatic N) is 2. The second kappa shape index (κ2) is 7.90. The fourth-order valence-corrected chi connectivity index (χ4v) is 3.88. The van der Waals surface area contributed by atoms with Crippen LogP contribution in [0.1, 0.15) is 10.4 Å². The molecule has 1 heterocycles. The summed E-state index contributed by atoms with van der Waals surface area (Å²) in [6.45, 7) is 0.654. The van der Waals surface area contributed by atoms with Gasteiger partial charge in [-0.1, -0.05) is 35.1 Å². The summed E-state index contributed by atoms with van der Waals surface area (Å²) in [5.41, 5.74) is 0.107. The molecule has 0 atom stereocenters. The third-order valence-electron chi connectivity index (χ3n) is 3.27. The Morgan fingerprint density at radius 2 is 2.04 bits per heavy atom. The molecule has 0 fully saturated rings. The number of nitro groups is 1. The van der Waals surface area contributed by atoms with Gasteiger partial charge in [0.2, 0.25) is 0 Å². The summed E-state index contributed by atoms with van der Waals surface area (Å²) in [5.74, 6) is 0.407. The molecule has 0 bridgehead atoms. The van der Waals surface area contributed by atoms with E-state index in [4.69, 9.17) is 11.6 Å². The van der Waals surface area contributed by atoms with Crippen LogP contribution in [0, 0.1) is 10.1 Å². The lowest BCUT2D eigenvalue weighted by molar-refractivity contribution is -0.384. The molecule has 0 radical (unpaired) electrons. The Balaban J connectivity index is 1.91. The van der Waals surface area contributed by atoms with Crippen LogP contribution >= 0.6 is 35.1 Å². The van der Waals surface area contributed by atoms with Crippen molar-refractivity contribution in [2.24, 2.45) is 4.99 Å². The van der Waals surface area contributed by atoms with Gasteiger partial charge in [-0.05, 0) is 30.3 Å². The van der Waals surface area contributed by atoms with Gasteiger partial charge in [-0.2, -0.15) is 0 Å². The van der Waals surface area contributed by atoms with E-state index in [9.17, 15) is 14.9 Å². The molecule has 25 heavy (non-hydrogen) atoms. The lowest BCUT2D eigenvalue weighted by Crippen LogP contribution is -2.27. The van der Waals surface area contributed by atoms with E-state index >= 15 is 0 Å². The Morgan fingerprint density at radius 1 is 1.28 bits per heavy atom. The van der Waals surface area contributed by atoms with Gasteiger partial charge in [0.1, 0.15) is 0 Å². The topological polar surface area (TPSA) is 84.6 Å². The number of hydrogen-bond acceptors (Lipinski definition) is 6. The van der Waals surface area contributed by atoms with Crippen LogP contribution in [0.3, 0.4) is 0 Å². The van der Waals surface area contributed by atoms with Gasteiger partial charge in [-0.25, -0.2) is 0 Å². The molecule has 3 rings (SSSR count). The summed E-state index contributed by atoms with van der Waals surface area (Å²) in [7, 11) is 0. The van der Waals surface area contributed by atoms with Gasteiger partial charge in [0.05, 0.1) is 17.0 Å². The summed E-state index contributed by atoms with van der Waals surface area (Å²) < 4.78 is 0. The number of hydrogen-bond donors (Lipinski definition) is 1.